The van der Waals surface area contributed by atoms with Crippen molar-refractivity contribution in [1.82, 2.24) is 5.32 Å². The lowest BCUT2D eigenvalue weighted by atomic mass is 9.91. The van der Waals surface area contributed by atoms with Crippen LogP contribution in [0.5, 0.6) is 0 Å². The van der Waals surface area contributed by atoms with Crippen LogP contribution in [0.2, 0.25) is 0 Å². The van der Waals surface area contributed by atoms with E-state index in [1.54, 1.807) is 0 Å². The van der Waals surface area contributed by atoms with Crippen LogP contribution in [0, 0.1) is 0 Å². The van der Waals surface area contributed by atoms with Gasteiger partial charge in [0.05, 0.1) is 18.1 Å². The SMILES string of the molecule is CC(CN)(NC(=O)CC1CCCO1)c1ccccc1. The van der Waals surface area contributed by atoms with Crippen molar-refractivity contribution < 1.29 is 9.53 Å². The van der Waals surface area contributed by atoms with Crippen LogP contribution >= 0.6 is 0 Å². The number of benzene rings is 1. The molecule has 0 radical (unpaired) electrons. The molecule has 3 N–H and O–H groups in total. The van der Waals surface area contributed by atoms with Crippen molar-refractivity contribution in [3.8, 4) is 0 Å². The van der Waals surface area contributed by atoms with Gasteiger partial charge in [-0.2, -0.15) is 0 Å². The Morgan fingerprint density at radius 1 is 1.47 bits per heavy atom. The van der Waals surface area contributed by atoms with Crippen LogP contribution in [0.4, 0.5) is 0 Å². The van der Waals surface area contributed by atoms with Crippen LogP contribution in [0.3, 0.4) is 0 Å². The van der Waals surface area contributed by atoms with Crippen LogP contribution < -0.4 is 11.1 Å². The minimum absolute atomic E-state index is 0.00343. The topological polar surface area (TPSA) is 64.3 Å². The summed E-state index contributed by atoms with van der Waals surface area (Å²) in [5.74, 6) is 0.00343. The Hall–Kier alpha value is -1.39. The fourth-order valence-corrected chi connectivity index (χ4v) is 2.42. The highest BCUT2D eigenvalue weighted by molar-refractivity contribution is 5.77. The average molecular weight is 262 g/mol. The first-order valence-electron chi connectivity index (χ1n) is 6.82. The van der Waals surface area contributed by atoms with Crippen molar-refractivity contribution in [3.05, 3.63) is 35.9 Å². The molecule has 0 spiro atoms. The molecule has 1 amide bonds. The number of hydrogen-bond donors (Lipinski definition) is 2. The molecule has 0 aliphatic carbocycles. The third-order valence-electron chi connectivity index (χ3n) is 3.67. The molecule has 0 bridgehead atoms. The lowest BCUT2D eigenvalue weighted by Gasteiger charge is -2.30. The van der Waals surface area contributed by atoms with Crippen LogP contribution in [0.1, 0.15) is 31.7 Å². The van der Waals surface area contributed by atoms with E-state index in [2.05, 4.69) is 5.32 Å². The first-order valence-corrected chi connectivity index (χ1v) is 6.82. The smallest absolute Gasteiger partial charge is 0.223 e. The highest BCUT2D eigenvalue weighted by Crippen LogP contribution is 2.21. The summed E-state index contributed by atoms with van der Waals surface area (Å²) >= 11 is 0. The number of hydrogen-bond acceptors (Lipinski definition) is 3. The monoisotopic (exact) mass is 262 g/mol. The van der Waals surface area contributed by atoms with Gasteiger partial charge in [0.25, 0.3) is 0 Å². The Kier molecular flexibility index (Phi) is 4.56. The molecule has 1 aliphatic rings. The van der Waals surface area contributed by atoms with Gasteiger partial charge in [-0.3, -0.25) is 4.79 Å². The predicted octanol–water partition coefficient (Wildman–Crippen LogP) is 1.55. The summed E-state index contributed by atoms with van der Waals surface area (Å²) in [6, 6.07) is 9.83. The number of amides is 1. The molecule has 1 aromatic rings. The van der Waals surface area contributed by atoms with E-state index in [0.29, 0.717) is 13.0 Å². The summed E-state index contributed by atoms with van der Waals surface area (Å²) in [7, 11) is 0. The van der Waals surface area contributed by atoms with Crippen molar-refractivity contribution in [2.75, 3.05) is 13.2 Å². The maximum absolute atomic E-state index is 12.1. The van der Waals surface area contributed by atoms with Gasteiger partial charge >= 0.3 is 0 Å². The van der Waals surface area contributed by atoms with Gasteiger partial charge in [0, 0.05) is 13.2 Å². The number of ether oxygens (including phenoxy) is 1. The van der Waals surface area contributed by atoms with E-state index in [4.69, 9.17) is 10.5 Å². The molecule has 4 heteroatoms. The van der Waals surface area contributed by atoms with Crippen LogP contribution in [0.15, 0.2) is 30.3 Å². The zero-order chi connectivity index (χ0) is 13.7. The summed E-state index contributed by atoms with van der Waals surface area (Å²) < 4.78 is 5.49. The molecule has 1 aliphatic heterocycles. The molecule has 1 fully saturated rings. The van der Waals surface area contributed by atoms with Gasteiger partial charge in [0.15, 0.2) is 0 Å². The van der Waals surface area contributed by atoms with Crippen molar-refractivity contribution in [2.24, 2.45) is 5.73 Å². The van der Waals surface area contributed by atoms with E-state index in [0.717, 1.165) is 25.0 Å². The lowest BCUT2D eigenvalue weighted by Crippen LogP contribution is -2.49. The molecule has 2 unspecified atom stereocenters. The van der Waals surface area contributed by atoms with Crippen molar-refractivity contribution in [1.29, 1.82) is 0 Å². The molecule has 2 atom stereocenters. The summed E-state index contributed by atoms with van der Waals surface area (Å²) in [6.45, 7) is 3.09. The predicted molar refractivity (Wildman–Crippen MR) is 74.6 cm³/mol. The maximum Gasteiger partial charge on any atom is 0.223 e. The second-order valence-electron chi connectivity index (χ2n) is 5.29. The molecule has 4 nitrogen and oxygen atoms in total. The van der Waals surface area contributed by atoms with Crippen LogP contribution in [-0.2, 0) is 15.1 Å². The number of nitrogens with two attached hydrogens (primary N) is 1. The molecule has 1 saturated heterocycles. The summed E-state index contributed by atoms with van der Waals surface area (Å²) in [6.07, 6.45) is 2.50. The standard InChI is InChI=1S/C15H22N2O2/c1-15(11-16,12-6-3-2-4-7-12)17-14(18)10-13-8-5-9-19-13/h2-4,6-7,13H,5,8-11,16H2,1H3,(H,17,18). The number of carbonyl (C=O) groups excluding carboxylic acids is 1. The molecule has 1 heterocycles. The van der Waals surface area contributed by atoms with E-state index in [9.17, 15) is 4.79 Å². The molecule has 19 heavy (non-hydrogen) atoms. The van der Waals surface area contributed by atoms with Gasteiger partial charge in [0.2, 0.25) is 5.91 Å². The summed E-state index contributed by atoms with van der Waals surface area (Å²) in [5, 5.41) is 3.04. The Morgan fingerprint density at radius 2 is 2.21 bits per heavy atom. The molecule has 104 valence electrons. The zero-order valence-electron chi connectivity index (χ0n) is 11.4. The summed E-state index contributed by atoms with van der Waals surface area (Å²) in [5.41, 5.74) is 6.36. The first kappa shape index (κ1) is 14.0. The third kappa shape index (κ3) is 3.55. The molecule has 2 rings (SSSR count). The largest absolute Gasteiger partial charge is 0.378 e. The normalized spacial score (nSPS) is 21.9. The van der Waals surface area contributed by atoms with Gasteiger partial charge in [0.1, 0.15) is 0 Å². The second kappa shape index (κ2) is 6.17. The minimum atomic E-state index is -0.517. The number of rotatable bonds is 5. The van der Waals surface area contributed by atoms with Gasteiger partial charge < -0.3 is 15.8 Å². The molecular formula is C15H22N2O2. The van der Waals surface area contributed by atoms with Gasteiger partial charge in [-0.1, -0.05) is 30.3 Å². The lowest BCUT2D eigenvalue weighted by molar-refractivity contribution is -0.125. The first-order chi connectivity index (χ1) is 9.14. The molecule has 0 aromatic heterocycles. The van der Waals surface area contributed by atoms with Gasteiger partial charge in [-0.05, 0) is 25.3 Å². The third-order valence-corrected chi connectivity index (χ3v) is 3.67. The zero-order valence-corrected chi connectivity index (χ0v) is 11.4. The van der Waals surface area contributed by atoms with E-state index < -0.39 is 5.54 Å². The second-order valence-corrected chi connectivity index (χ2v) is 5.29. The quantitative estimate of drug-likeness (QED) is 0.846. The Balaban J connectivity index is 1.99. The average Bonchev–Trinajstić information content (AvgIpc) is 2.92. The highest BCUT2D eigenvalue weighted by atomic mass is 16.5. The van der Waals surface area contributed by atoms with Gasteiger partial charge in [-0.15, -0.1) is 0 Å². The molecular weight excluding hydrogens is 240 g/mol. The fourth-order valence-electron chi connectivity index (χ4n) is 2.42. The van der Waals surface area contributed by atoms with Gasteiger partial charge in [-0.25, -0.2) is 0 Å². The number of carbonyl (C=O) groups is 1. The highest BCUT2D eigenvalue weighted by Gasteiger charge is 2.28. The van der Waals surface area contributed by atoms with E-state index in [1.165, 1.54) is 0 Å². The molecule has 0 saturated carbocycles. The maximum atomic E-state index is 12.1. The Bertz CT molecular complexity index is 415. The Morgan fingerprint density at radius 3 is 2.79 bits per heavy atom. The minimum Gasteiger partial charge on any atom is -0.378 e. The van der Waals surface area contributed by atoms with Crippen LogP contribution in [-0.4, -0.2) is 25.2 Å². The van der Waals surface area contributed by atoms with Crippen molar-refractivity contribution in [2.45, 2.75) is 37.8 Å². The van der Waals surface area contributed by atoms with Crippen molar-refractivity contribution in [3.63, 3.8) is 0 Å². The number of nitrogens with one attached hydrogen (secondary N) is 1. The van der Waals surface area contributed by atoms with E-state index >= 15 is 0 Å². The van der Waals surface area contributed by atoms with Crippen LogP contribution in [0.25, 0.3) is 0 Å². The molecule has 1 aromatic carbocycles. The fraction of sp³-hybridized carbons (Fsp3) is 0.533. The summed E-state index contributed by atoms with van der Waals surface area (Å²) in [4.78, 5) is 12.1. The van der Waals surface area contributed by atoms with E-state index in [-0.39, 0.29) is 12.0 Å². The van der Waals surface area contributed by atoms with E-state index in [1.807, 2.05) is 37.3 Å². The Labute approximate surface area is 114 Å². The van der Waals surface area contributed by atoms with Crippen molar-refractivity contribution >= 4 is 5.91 Å².